The van der Waals surface area contributed by atoms with Gasteiger partial charge in [-0.05, 0) is 37.8 Å². The molecule has 1 aliphatic carbocycles. The van der Waals surface area contributed by atoms with Gasteiger partial charge < -0.3 is 4.90 Å². The van der Waals surface area contributed by atoms with Crippen molar-refractivity contribution in [3.8, 4) is 6.07 Å². The van der Waals surface area contributed by atoms with E-state index in [1.54, 1.807) is 23.2 Å². The molecule has 2 fully saturated rings. The van der Waals surface area contributed by atoms with Crippen LogP contribution in [0.25, 0.3) is 0 Å². The number of nitrogens with zero attached hydrogens (tertiary/aromatic N) is 4. The van der Waals surface area contributed by atoms with Crippen LogP contribution in [-0.4, -0.2) is 35.0 Å². The largest absolute Gasteiger partial charge is 0.325 e. The molecule has 0 bridgehead atoms. The second-order valence-electron chi connectivity index (χ2n) is 5.77. The molecular weight excluding hydrogens is 264 g/mol. The summed E-state index contributed by atoms with van der Waals surface area (Å²) in [5, 5.41) is 9.32. The molecule has 0 unspecified atom stereocenters. The summed E-state index contributed by atoms with van der Waals surface area (Å²) in [4.78, 5) is 20.9. The number of amides is 2. The molecule has 0 radical (unpaired) electrons. The Morgan fingerprint density at radius 1 is 1.29 bits per heavy atom. The Morgan fingerprint density at radius 3 is 2.67 bits per heavy atom. The fraction of sp³-hybridized carbons (Fsp3) is 0.562. The van der Waals surface area contributed by atoms with Crippen molar-refractivity contribution in [2.24, 2.45) is 0 Å². The fourth-order valence-electron chi connectivity index (χ4n) is 3.32. The zero-order chi connectivity index (χ0) is 14.7. The Hall–Kier alpha value is -2.09. The smallest absolute Gasteiger partial charge is 0.324 e. The molecule has 1 saturated carbocycles. The maximum Gasteiger partial charge on any atom is 0.325 e. The molecule has 2 heterocycles. The molecule has 5 heteroatoms. The van der Waals surface area contributed by atoms with Crippen LogP contribution in [-0.2, 0) is 0 Å². The molecule has 5 nitrogen and oxygen atoms in total. The third kappa shape index (κ3) is 2.71. The minimum atomic E-state index is 0.0228. The van der Waals surface area contributed by atoms with Crippen LogP contribution in [0.5, 0.6) is 0 Å². The Morgan fingerprint density at radius 2 is 2.00 bits per heavy atom. The monoisotopic (exact) mass is 284 g/mol. The average molecular weight is 284 g/mol. The van der Waals surface area contributed by atoms with Gasteiger partial charge in [-0.3, -0.25) is 4.90 Å². The van der Waals surface area contributed by atoms with Gasteiger partial charge in [-0.15, -0.1) is 0 Å². The van der Waals surface area contributed by atoms with E-state index in [0.717, 1.165) is 51.6 Å². The molecule has 21 heavy (non-hydrogen) atoms. The Labute approximate surface area is 125 Å². The van der Waals surface area contributed by atoms with E-state index in [0.29, 0.717) is 11.4 Å². The summed E-state index contributed by atoms with van der Waals surface area (Å²) >= 11 is 0. The summed E-state index contributed by atoms with van der Waals surface area (Å²) in [6, 6.07) is 5.86. The SMILES string of the molecule is N#Cc1cccnc1N(C(=O)N1CCCC1)C1CCCC1. The Balaban J connectivity index is 1.95. The predicted molar refractivity (Wildman–Crippen MR) is 79.9 cm³/mol. The lowest BCUT2D eigenvalue weighted by Gasteiger charge is -2.32. The predicted octanol–water partition coefficient (Wildman–Crippen LogP) is 2.92. The van der Waals surface area contributed by atoms with Gasteiger partial charge in [0.2, 0.25) is 0 Å². The van der Waals surface area contributed by atoms with Gasteiger partial charge in [-0.2, -0.15) is 5.26 Å². The zero-order valence-corrected chi connectivity index (χ0v) is 12.2. The first-order valence-electron chi connectivity index (χ1n) is 7.74. The highest BCUT2D eigenvalue weighted by atomic mass is 16.2. The highest BCUT2D eigenvalue weighted by Gasteiger charge is 2.34. The van der Waals surface area contributed by atoms with Crippen molar-refractivity contribution in [2.45, 2.75) is 44.6 Å². The number of hydrogen-bond donors (Lipinski definition) is 0. The molecule has 0 N–H and O–H groups in total. The first-order valence-corrected chi connectivity index (χ1v) is 7.74. The maximum absolute atomic E-state index is 12.9. The summed E-state index contributed by atoms with van der Waals surface area (Å²) in [5.41, 5.74) is 0.483. The van der Waals surface area contributed by atoms with Gasteiger partial charge in [-0.1, -0.05) is 12.8 Å². The molecular formula is C16H20N4O. The molecule has 0 spiro atoms. The van der Waals surface area contributed by atoms with E-state index in [1.165, 1.54) is 0 Å². The molecule has 0 aromatic carbocycles. The number of nitriles is 1. The van der Waals surface area contributed by atoms with E-state index in [4.69, 9.17) is 0 Å². The van der Waals surface area contributed by atoms with Gasteiger partial charge in [0.1, 0.15) is 6.07 Å². The summed E-state index contributed by atoms with van der Waals surface area (Å²) in [6.45, 7) is 1.63. The number of anilines is 1. The molecule has 110 valence electrons. The second-order valence-corrected chi connectivity index (χ2v) is 5.77. The first-order chi connectivity index (χ1) is 10.3. The van der Waals surface area contributed by atoms with Crippen LogP contribution in [0.4, 0.5) is 10.6 Å². The van der Waals surface area contributed by atoms with E-state index in [-0.39, 0.29) is 12.1 Å². The summed E-state index contributed by atoms with van der Waals surface area (Å²) in [6.07, 6.45) is 8.08. The Kier molecular flexibility index (Phi) is 4.05. The fourth-order valence-corrected chi connectivity index (χ4v) is 3.32. The van der Waals surface area contributed by atoms with Crippen LogP contribution in [0.15, 0.2) is 18.3 Å². The van der Waals surface area contributed by atoms with Crippen LogP contribution in [0, 0.1) is 11.3 Å². The van der Waals surface area contributed by atoms with Gasteiger partial charge >= 0.3 is 6.03 Å². The van der Waals surface area contributed by atoms with E-state index in [1.807, 2.05) is 4.90 Å². The normalized spacial score (nSPS) is 18.7. The highest BCUT2D eigenvalue weighted by Crippen LogP contribution is 2.30. The minimum Gasteiger partial charge on any atom is -0.324 e. The number of hydrogen-bond acceptors (Lipinski definition) is 3. The number of carbonyl (C=O) groups excluding carboxylic acids is 1. The number of pyridine rings is 1. The molecule has 2 amide bonds. The summed E-state index contributed by atoms with van der Waals surface area (Å²) in [5.74, 6) is 0.531. The van der Waals surface area contributed by atoms with Crippen LogP contribution in [0.2, 0.25) is 0 Å². The van der Waals surface area contributed by atoms with Gasteiger partial charge in [0, 0.05) is 25.3 Å². The number of aromatic nitrogens is 1. The van der Waals surface area contributed by atoms with Crippen molar-refractivity contribution < 1.29 is 4.79 Å². The third-order valence-corrected chi connectivity index (χ3v) is 4.41. The van der Waals surface area contributed by atoms with Crippen LogP contribution in [0.1, 0.15) is 44.1 Å². The van der Waals surface area contributed by atoms with Crippen LogP contribution in [0.3, 0.4) is 0 Å². The number of urea groups is 1. The van der Waals surface area contributed by atoms with E-state index >= 15 is 0 Å². The quantitative estimate of drug-likeness (QED) is 0.839. The van der Waals surface area contributed by atoms with Gasteiger partial charge in [0.25, 0.3) is 0 Å². The van der Waals surface area contributed by atoms with Crippen molar-refractivity contribution in [1.29, 1.82) is 5.26 Å². The van der Waals surface area contributed by atoms with E-state index < -0.39 is 0 Å². The van der Waals surface area contributed by atoms with Gasteiger partial charge in [0.05, 0.1) is 5.56 Å². The van der Waals surface area contributed by atoms with Crippen molar-refractivity contribution >= 4 is 11.8 Å². The third-order valence-electron chi connectivity index (χ3n) is 4.41. The summed E-state index contributed by atoms with van der Waals surface area (Å²) in [7, 11) is 0. The lowest BCUT2D eigenvalue weighted by molar-refractivity contribution is 0.212. The first kappa shape index (κ1) is 13.9. The molecule has 0 atom stereocenters. The lowest BCUT2D eigenvalue weighted by Crippen LogP contribution is -2.47. The zero-order valence-electron chi connectivity index (χ0n) is 12.2. The minimum absolute atomic E-state index is 0.0228. The standard InChI is InChI=1S/C16H20N4O/c17-12-13-6-5-9-18-15(13)20(14-7-1-2-8-14)16(21)19-10-3-4-11-19/h5-6,9,14H,1-4,7-8,10-11H2. The number of likely N-dealkylation sites (tertiary alicyclic amines) is 1. The van der Waals surface area contributed by atoms with Crippen LogP contribution >= 0.6 is 0 Å². The molecule has 3 rings (SSSR count). The second kappa shape index (κ2) is 6.13. The Bertz CT molecular complexity index is 554. The average Bonchev–Trinajstić information content (AvgIpc) is 3.21. The van der Waals surface area contributed by atoms with E-state index in [2.05, 4.69) is 11.1 Å². The number of rotatable bonds is 2. The highest BCUT2D eigenvalue weighted by molar-refractivity contribution is 5.93. The van der Waals surface area contributed by atoms with Crippen LogP contribution < -0.4 is 4.90 Å². The topological polar surface area (TPSA) is 60.2 Å². The number of carbonyl (C=O) groups is 1. The molecule has 1 aliphatic heterocycles. The maximum atomic E-state index is 12.9. The van der Waals surface area contributed by atoms with Gasteiger partial charge in [-0.25, -0.2) is 9.78 Å². The molecule has 1 aromatic heterocycles. The summed E-state index contributed by atoms with van der Waals surface area (Å²) < 4.78 is 0. The molecule has 1 saturated heterocycles. The molecule has 2 aliphatic rings. The van der Waals surface area contributed by atoms with Gasteiger partial charge in [0.15, 0.2) is 5.82 Å². The lowest BCUT2D eigenvalue weighted by atomic mass is 10.2. The van der Waals surface area contributed by atoms with Crippen molar-refractivity contribution in [1.82, 2.24) is 9.88 Å². The van der Waals surface area contributed by atoms with E-state index in [9.17, 15) is 10.1 Å². The van der Waals surface area contributed by atoms with Crippen molar-refractivity contribution in [3.05, 3.63) is 23.9 Å². The van der Waals surface area contributed by atoms with Crippen molar-refractivity contribution in [2.75, 3.05) is 18.0 Å². The van der Waals surface area contributed by atoms with Crippen molar-refractivity contribution in [3.63, 3.8) is 0 Å². The molecule has 1 aromatic rings.